The van der Waals surface area contributed by atoms with Gasteiger partial charge in [0.25, 0.3) is 0 Å². The molecule has 0 aromatic carbocycles. The van der Waals surface area contributed by atoms with Crippen molar-refractivity contribution in [1.29, 1.82) is 0 Å². The van der Waals surface area contributed by atoms with E-state index in [4.69, 9.17) is 0 Å². The van der Waals surface area contributed by atoms with Gasteiger partial charge in [-0.1, -0.05) is 39.5 Å². The summed E-state index contributed by atoms with van der Waals surface area (Å²) in [6.07, 6.45) is 7.39. The molecule has 1 aliphatic carbocycles. The molecule has 2 fully saturated rings. The van der Waals surface area contributed by atoms with E-state index in [-0.39, 0.29) is 5.41 Å². The molecule has 2 aliphatic rings. The molecule has 1 spiro atoms. The molecular weight excluding hydrogens is 174 g/mol. The highest BCUT2D eigenvalue weighted by Gasteiger charge is 2.54. The Kier molecular flexibility index (Phi) is 2.54. The van der Waals surface area contributed by atoms with Gasteiger partial charge in [0.15, 0.2) is 0 Å². The highest BCUT2D eigenvalue weighted by atomic mass is 16.2. The van der Waals surface area contributed by atoms with Crippen LogP contribution >= 0.6 is 0 Å². The molecule has 14 heavy (non-hydrogen) atoms. The largest absolute Gasteiger partial charge is 0.351 e. The first-order valence-corrected chi connectivity index (χ1v) is 5.98. The highest BCUT2D eigenvalue weighted by molar-refractivity contribution is 5.90. The summed E-state index contributed by atoms with van der Waals surface area (Å²) in [5.41, 5.74) is 0.0324. The Labute approximate surface area is 86.5 Å². The number of carbonyl (C=O) groups excluding carboxylic acids is 1. The second kappa shape index (κ2) is 3.56. The second-order valence-corrected chi connectivity index (χ2v) is 5.27. The summed E-state index contributed by atoms with van der Waals surface area (Å²) >= 11 is 0. The van der Waals surface area contributed by atoms with Gasteiger partial charge >= 0.3 is 0 Å². The van der Waals surface area contributed by atoms with E-state index in [0.29, 0.717) is 17.9 Å². The van der Waals surface area contributed by atoms with E-state index in [1.807, 2.05) is 0 Å². The summed E-state index contributed by atoms with van der Waals surface area (Å²) in [6.45, 7) is 4.44. The smallest absolute Gasteiger partial charge is 0.228 e. The van der Waals surface area contributed by atoms with Crippen molar-refractivity contribution in [1.82, 2.24) is 5.32 Å². The Hall–Kier alpha value is -0.530. The number of amides is 1. The Morgan fingerprint density at radius 1 is 1.21 bits per heavy atom. The van der Waals surface area contributed by atoms with Crippen LogP contribution in [0.25, 0.3) is 0 Å². The van der Waals surface area contributed by atoms with Gasteiger partial charge in [-0.2, -0.15) is 0 Å². The highest BCUT2D eigenvalue weighted by Crippen LogP contribution is 2.46. The fourth-order valence-corrected chi connectivity index (χ4v) is 3.19. The van der Waals surface area contributed by atoms with Crippen LogP contribution < -0.4 is 5.32 Å². The van der Waals surface area contributed by atoms with Crippen LogP contribution in [0, 0.1) is 11.3 Å². The van der Waals surface area contributed by atoms with Crippen LogP contribution in [0.1, 0.15) is 52.4 Å². The first kappa shape index (κ1) is 10.0. The average Bonchev–Trinajstić information content (AvgIpc) is 2.40. The molecule has 1 N–H and O–H groups in total. The minimum absolute atomic E-state index is 0.0324. The van der Waals surface area contributed by atoms with Gasteiger partial charge in [-0.3, -0.25) is 4.79 Å². The molecule has 1 aliphatic heterocycles. The van der Waals surface area contributed by atoms with Crippen LogP contribution in [0.5, 0.6) is 0 Å². The minimum Gasteiger partial charge on any atom is -0.351 e. The summed E-state index contributed by atoms with van der Waals surface area (Å²) < 4.78 is 0. The Bertz CT molecular complexity index is 226. The molecule has 80 valence electrons. The SMILES string of the molecule is CC(C)C1NC(=O)C12CCCCCC2. The van der Waals surface area contributed by atoms with Crippen LogP contribution in [-0.2, 0) is 4.79 Å². The molecule has 1 heterocycles. The lowest BCUT2D eigenvalue weighted by atomic mass is 9.64. The molecular formula is C12H21NO. The molecule has 2 heteroatoms. The fraction of sp³-hybridized carbons (Fsp3) is 0.917. The first-order valence-electron chi connectivity index (χ1n) is 5.98. The molecule has 0 bridgehead atoms. The van der Waals surface area contributed by atoms with Crippen molar-refractivity contribution in [3.8, 4) is 0 Å². The predicted octanol–water partition coefficient (Wildman–Crippen LogP) is 2.48. The molecule has 0 aromatic heterocycles. The summed E-state index contributed by atoms with van der Waals surface area (Å²) in [5.74, 6) is 0.920. The normalized spacial score (nSPS) is 31.1. The topological polar surface area (TPSA) is 29.1 Å². The van der Waals surface area contributed by atoms with Gasteiger partial charge in [0.1, 0.15) is 0 Å². The van der Waals surface area contributed by atoms with Crippen LogP contribution in [0.15, 0.2) is 0 Å². The van der Waals surface area contributed by atoms with Gasteiger partial charge < -0.3 is 5.32 Å². The number of hydrogen-bond acceptors (Lipinski definition) is 1. The van der Waals surface area contributed by atoms with Crippen molar-refractivity contribution >= 4 is 5.91 Å². The lowest BCUT2D eigenvalue weighted by Crippen LogP contribution is -2.68. The van der Waals surface area contributed by atoms with Crippen LogP contribution in [-0.4, -0.2) is 11.9 Å². The van der Waals surface area contributed by atoms with Gasteiger partial charge in [-0.25, -0.2) is 0 Å². The monoisotopic (exact) mass is 195 g/mol. The zero-order valence-electron chi connectivity index (χ0n) is 9.31. The van der Waals surface area contributed by atoms with E-state index < -0.39 is 0 Å². The van der Waals surface area contributed by atoms with E-state index in [1.165, 1.54) is 25.7 Å². The first-order chi connectivity index (χ1) is 6.67. The Morgan fingerprint density at radius 3 is 2.21 bits per heavy atom. The minimum atomic E-state index is 0.0324. The third-order valence-corrected chi connectivity index (χ3v) is 4.00. The van der Waals surface area contributed by atoms with E-state index in [0.717, 1.165) is 12.8 Å². The molecule has 0 aromatic rings. The van der Waals surface area contributed by atoms with E-state index in [2.05, 4.69) is 19.2 Å². The lowest BCUT2D eigenvalue weighted by molar-refractivity contribution is -0.150. The fourth-order valence-electron chi connectivity index (χ4n) is 3.19. The molecule has 1 amide bonds. The molecule has 2 rings (SSSR count). The zero-order chi connectivity index (χ0) is 10.2. The zero-order valence-corrected chi connectivity index (χ0v) is 9.31. The number of β-lactam (4-membered cyclic amide) rings is 1. The number of hydrogen-bond donors (Lipinski definition) is 1. The van der Waals surface area contributed by atoms with Crippen LogP contribution in [0.3, 0.4) is 0 Å². The van der Waals surface area contributed by atoms with Gasteiger partial charge in [0.2, 0.25) is 5.91 Å². The lowest BCUT2D eigenvalue weighted by Gasteiger charge is -2.50. The Balaban J connectivity index is 2.13. The third-order valence-electron chi connectivity index (χ3n) is 4.00. The maximum atomic E-state index is 11.8. The van der Waals surface area contributed by atoms with Crippen molar-refractivity contribution in [2.75, 3.05) is 0 Å². The maximum Gasteiger partial charge on any atom is 0.228 e. The summed E-state index contributed by atoms with van der Waals surface area (Å²) in [7, 11) is 0. The molecule has 2 nitrogen and oxygen atoms in total. The summed E-state index contributed by atoms with van der Waals surface area (Å²) in [5, 5.41) is 3.09. The standard InChI is InChI=1S/C12H21NO/c1-9(2)10-12(11(14)13-10)7-5-3-4-6-8-12/h9-10H,3-8H2,1-2H3,(H,13,14). The Morgan fingerprint density at radius 2 is 1.79 bits per heavy atom. The van der Waals surface area contributed by atoms with Gasteiger partial charge in [0, 0.05) is 6.04 Å². The molecule has 1 unspecified atom stereocenters. The van der Waals surface area contributed by atoms with Crippen LogP contribution in [0.4, 0.5) is 0 Å². The van der Waals surface area contributed by atoms with E-state index >= 15 is 0 Å². The molecule has 1 saturated carbocycles. The summed E-state index contributed by atoms with van der Waals surface area (Å²) in [4.78, 5) is 11.8. The van der Waals surface area contributed by atoms with Gasteiger partial charge in [0.05, 0.1) is 5.41 Å². The van der Waals surface area contributed by atoms with Crippen molar-refractivity contribution in [2.24, 2.45) is 11.3 Å². The number of nitrogens with one attached hydrogen (secondary N) is 1. The predicted molar refractivity (Wildman–Crippen MR) is 56.9 cm³/mol. The molecule has 1 saturated heterocycles. The van der Waals surface area contributed by atoms with Gasteiger partial charge in [-0.15, -0.1) is 0 Å². The quantitative estimate of drug-likeness (QED) is 0.640. The second-order valence-electron chi connectivity index (χ2n) is 5.27. The van der Waals surface area contributed by atoms with Gasteiger partial charge in [-0.05, 0) is 18.8 Å². The summed E-state index contributed by atoms with van der Waals surface area (Å²) in [6, 6.07) is 0.452. The number of carbonyl (C=O) groups is 1. The van der Waals surface area contributed by atoms with Crippen molar-refractivity contribution < 1.29 is 4.79 Å². The molecule has 1 atom stereocenters. The number of rotatable bonds is 1. The third kappa shape index (κ3) is 1.35. The van der Waals surface area contributed by atoms with E-state index in [1.54, 1.807) is 0 Å². The molecule has 0 radical (unpaired) electrons. The van der Waals surface area contributed by atoms with Crippen molar-refractivity contribution in [3.05, 3.63) is 0 Å². The van der Waals surface area contributed by atoms with Crippen LogP contribution in [0.2, 0.25) is 0 Å². The van der Waals surface area contributed by atoms with Crippen molar-refractivity contribution in [3.63, 3.8) is 0 Å². The average molecular weight is 195 g/mol. The van der Waals surface area contributed by atoms with E-state index in [9.17, 15) is 4.79 Å². The van der Waals surface area contributed by atoms with Crippen molar-refractivity contribution in [2.45, 2.75) is 58.4 Å². The maximum absolute atomic E-state index is 11.8.